The molecule has 0 aliphatic heterocycles. The van der Waals surface area contributed by atoms with Gasteiger partial charge >= 0.3 is 6.03 Å². The molecule has 1 aromatic carbocycles. The quantitative estimate of drug-likeness (QED) is 0.807. The number of aliphatic hydroxyl groups excluding tert-OH is 1. The Balaban J connectivity index is 1.63. The summed E-state index contributed by atoms with van der Waals surface area (Å²) in [6.45, 7) is 0. The summed E-state index contributed by atoms with van der Waals surface area (Å²) in [5, 5.41) is 20.1. The molecule has 6 nitrogen and oxygen atoms in total. The number of aliphatic hydroxyl groups is 1. The van der Waals surface area contributed by atoms with Gasteiger partial charge in [-0.1, -0.05) is 24.4 Å². The summed E-state index contributed by atoms with van der Waals surface area (Å²) in [4.78, 5) is 12.1. The first kappa shape index (κ1) is 15.8. The lowest BCUT2D eigenvalue weighted by Crippen LogP contribution is -2.46. The summed E-state index contributed by atoms with van der Waals surface area (Å²) in [5.74, 6) is 0. The largest absolute Gasteiger partial charge is 0.391 e. The van der Waals surface area contributed by atoms with Crippen molar-refractivity contribution in [2.45, 2.75) is 37.8 Å². The molecule has 2 unspecified atom stereocenters. The molecule has 1 aromatic heterocycles. The van der Waals surface area contributed by atoms with Crippen LogP contribution >= 0.6 is 11.6 Å². The van der Waals surface area contributed by atoms with Crippen LogP contribution in [-0.4, -0.2) is 33.1 Å². The third kappa shape index (κ3) is 3.83. The molecule has 2 aromatic rings. The van der Waals surface area contributed by atoms with Crippen molar-refractivity contribution in [1.29, 1.82) is 0 Å². The van der Waals surface area contributed by atoms with Crippen LogP contribution < -0.4 is 10.6 Å². The molecule has 3 N–H and O–H groups in total. The lowest BCUT2D eigenvalue weighted by Gasteiger charge is -2.28. The average Bonchev–Trinajstić information content (AvgIpc) is 3.04. The van der Waals surface area contributed by atoms with Crippen molar-refractivity contribution in [2.24, 2.45) is 0 Å². The van der Waals surface area contributed by atoms with Crippen molar-refractivity contribution in [2.75, 3.05) is 5.32 Å². The molecule has 1 aliphatic carbocycles. The Hall–Kier alpha value is -2.05. The smallest absolute Gasteiger partial charge is 0.319 e. The van der Waals surface area contributed by atoms with Crippen LogP contribution in [0.1, 0.15) is 25.7 Å². The predicted molar refractivity (Wildman–Crippen MR) is 89.0 cm³/mol. The van der Waals surface area contributed by atoms with E-state index in [1.807, 2.05) is 6.07 Å². The number of anilines is 1. The lowest BCUT2D eigenvalue weighted by atomic mass is 9.93. The number of amides is 2. The molecule has 122 valence electrons. The van der Waals surface area contributed by atoms with E-state index < -0.39 is 6.10 Å². The summed E-state index contributed by atoms with van der Waals surface area (Å²) >= 11 is 6.25. The van der Waals surface area contributed by atoms with Gasteiger partial charge in [0.15, 0.2) is 0 Å². The van der Waals surface area contributed by atoms with Crippen LogP contribution in [0.15, 0.2) is 36.7 Å². The van der Waals surface area contributed by atoms with Crippen LogP contribution in [0.4, 0.5) is 10.5 Å². The Morgan fingerprint density at radius 1 is 1.35 bits per heavy atom. The highest BCUT2D eigenvalue weighted by atomic mass is 35.5. The molecule has 1 saturated carbocycles. The van der Waals surface area contributed by atoms with Gasteiger partial charge in [0.25, 0.3) is 0 Å². The van der Waals surface area contributed by atoms with Crippen LogP contribution in [0, 0.1) is 0 Å². The fourth-order valence-electron chi connectivity index (χ4n) is 2.80. The van der Waals surface area contributed by atoms with E-state index in [0.29, 0.717) is 10.7 Å². The molecular formula is C16H19ClN4O2. The van der Waals surface area contributed by atoms with Crippen molar-refractivity contribution in [3.8, 4) is 5.69 Å². The maximum atomic E-state index is 12.1. The summed E-state index contributed by atoms with van der Waals surface area (Å²) in [5.41, 5.74) is 1.33. The molecule has 3 rings (SSSR count). The summed E-state index contributed by atoms with van der Waals surface area (Å²) in [6, 6.07) is 6.52. The summed E-state index contributed by atoms with van der Waals surface area (Å²) in [7, 11) is 0. The monoisotopic (exact) mass is 334 g/mol. The minimum atomic E-state index is -0.472. The Morgan fingerprint density at radius 2 is 2.17 bits per heavy atom. The molecule has 0 radical (unpaired) electrons. The molecule has 0 spiro atoms. The zero-order valence-corrected chi connectivity index (χ0v) is 13.3. The number of nitrogens with one attached hydrogen (secondary N) is 2. The molecule has 0 saturated heterocycles. The molecule has 1 heterocycles. The van der Waals surface area contributed by atoms with Gasteiger partial charge in [0.1, 0.15) is 0 Å². The number of halogens is 1. The number of carbonyl (C=O) groups is 1. The second-order valence-electron chi connectivity index (χ2n) is 5.67. The third-order valence-corrected chi connectivity index (χ3v) is 4.31. The van der Waals surface area contributed by atoms with Gasteiger partial charge in [0, 0.05) is 18.1 Å². The fraction of sp³-hybridized carbons (Fsp3) is 0.375. The van der Waals surface area contributed by atoms with E-state index in [-0.39, 0.29) is 12.1 Å². The first-order valence-electron chi connectivity index (χ1n) is 7.68. The molecule has 2 amide bonds. The first-order valence-corrected chi connectivity index (χ1v) is 8.06. The summed E-state index contributed by atoms with van der Waals surface area (Å²) < 4.78 is 1.66. The standard InChI is InChI=1S/C16H19ClN4O2/c17-12-10-11(6-7-14(12)21-9-3-8-18-21)19-16(23)20-13-4-1-2-5-15(13)22/h3,6-10,13,15,22H,1-2,4-5H2,(H2,19,20,23). The van der Waals surface area contributed by atoms with Gasteiger partial charge in [0.2, 0.25) is 0 Å². The minimum absolute atomic E-state index is 0.192. The van der Waals surface area contributed by atoms with E-state index >= 15 is 0 Å². The van der Waals surface area contributed by atoms with Crippen LogP contribution in [-0.2, 0) is 0 Å². The zero-order chi connectivity index (χ0) is 16.2. The van der Waals surface area contributed by atoms with E-state index in [2.05, 4.69) is 15.7 Å². The molecule has 7 heteroatoms. The highest BCUT2D eigenvalue weighted by Crippen LogP contribution is 2.24. The number of rotatable bonds is 3. The minimum Gasteiger partial charge on any atom is -0.391 e. The first-order chi connectivity index (χ1) is 11.1. The van der Waals surface area contributed by atoms with Crippen molar-refractivity contribution in [3.05, 3.63) is 41.7 Å². The van der Waals surface area contributed by atoms with E-state index in [0.717, 1.165) is 31.4 Å². The highest BCUT2D eigenvalue weighted by Gasteiger charge is 2.24. The van der Waals surface area contributed by atoms with E-state index in [1.54, 1.807) is 35.3 Å². The molecule has 2 atom stereocenters. The lowest BCUT2D eigenvalue weighted by molar-refractivity contribution is 0.0955. The second kappa shape index (κ2) is 7.02. The van der Waals surface area contributed by atoms with Gasteiger partial charge in [-0.15, -0.1) is 0 Å². The number of aromatic nitrogens is 2. The second-order valence-corrected chi connectivity index (χ2v) is 6.08. The Bertz CT molecular complexity index is 675. The number of urea groups is 1. The van der Waals surface area contributed by atoms with Gasteiger partial charge in [-0.05, 0) is 37.1 Å². The van der Waals surface area contributed by atoms with Crippen LogP contribution in [0.3, 0.4) is 0 Å². The molecule has 0 bridgehead atoms. The van der Waals surface area contributed by atoms with Crippen molar-refractivity contribution < 1.29 is 9.90 Å². The SMILES string of the molecule is O=C(Nc1ccc(-n2cccn2)c(Cl)c1)NC1CCCCC1O. The van der Waals surface area contributed by atoms with Crippen molar-refractivity contribution in [3.63, 3.8) is 0 Å². The van der Waals surface area contributed by atoms with E-state index in [9.17, 15) is 9.90 Å². The van der Waals surface area contributed by atoms with Gasteiger partial charge in [-0.3, -0.25) is 0 Å². The maximum absolute atomic E-state index is 12.1. The number of carbonyl (C=O) groups excluding carboxylic acids is 1. The number of benzene rings is 1. The molecule has 1 aliphatic rings. The normalized spacial score (nSPS) is 21.0. The van der Waals surface area contributed by atoms with Crippen molar-refractivity contribution >= 4 is 23.3 Å². The average molecular weight is 335 g/mol. The third-order valence-electron chi connectivity index (χ3n) is 4.00. The van der Waals surface area contributed by atoms with Gasteiger partial charge in [-0.2, -0.15) is 5.10 Å². The Morgan fingerprint density at radius 3 is 2.87 bits per heavy atom. The molecular weight excluding hydrogens is 316 g/mol. The van der Waals surface area contributed by atoms with Gasteiger partial charge in [0.05, 0.1) is 22.9 Å². The van der Waals surface area contributed by atoms with Gasteiger partial charge < -0.3 is 15.7 Å². The Kier molecular flexibility index (Phi) is 4.83. The number of hydrogen-bond donors (Lipinski definition) is 3. The van der Waals surface area contributed by atoms with E-state index in [1.165, 1.54) is 0 Å². The van der Waals surface area contributed by atoms with Crippen LogP contribution in [0.25, 0.3) is 5.69 Å². The summed E-state index contributed by atoms with van der Waals surface area (Å²) in [6.07, 6.45) is 6.55. The predicted octanol–water partition coefficient (Wildman–Crippen LogP) is 2.95. The van der Waals surface area contributed by atoms with Crippen LogP contribution in [0.2, 0.25) is 5.02 Å². The maximum Gasteiger partial charge on any atom is 0.319 e. The zero-order valence-electron chi connectivity index (χ0n) is 12.6. The van der Waals surface area contributed by atoms with Gasteiger partial charge in [-0.25, -0.2) is 9.48 Å². The van der Waals surface area contributed by atoms with Crippen molar-refractivity contribution in [1.82, 2.24) is 15.1 Å². The number of hydrogen-bond acceptors (Lipinski definition) is 3. The van der Waals surface area contributed by atoms with Crippen LogP contribution in [0.5, 0.6) is 0 Å². The fourth-order valence-corrected chi connectivity index (χ4v) is 3.06. The highest BCUT2D eigenvalue weighted by molar-refractivity contribution is 6.32. The van der Waals surface area contributed by atoms with E-state index in [4.69, 9.17) is 11.6 Å². The molecule has 23 heavy (non-hydrogen) atoms. The Labute approximate surface area is 139 Å². The number of nitrogens with zero attached hydrogens (tertiary/aromatic N) is 2. The molecule has 1 fully saturated rings. The topological polar surface area (TPSA) is 79.2 Å².